The molecule has 112 valence electrons. The summed E-state index contributed by atoms with van der Waals surface area (Å²) in [5.74, 6) is -0.426. The molecule has 1 heterocycles. The Kier molecular flexibility index (Phi) is 5.84. The summed E-state index contributed by atoms with van der Waals surface area (Å²) >= 11 is 0. The Morgan fingerprint density at radius 2 is 2.25 bits per heavy atom. The van der Waals surface area contributed by atoms with Crippen molar-refractivity contribution in [3.05, 3.63) is 28.2 Å². The predicted molar refractivity (Wildman–Crippen MR) is 73.6 cm³/mol. The first kappa shape index (κ1) is 16.3. The lowest BCUT2D eigenvalue weighted by Gasteiger charge is -2.21. The van der Waals surface area contributed by atoms with Crippen LogP contribution >= 0.6 is 0 Å². The smallest absolute Gasteiger partial charge is 0.271 e. The summed E-state index contributed by atoms with van der Waals surface area (Å²) in [6, 6.07) is 2.65. The van der Waals surface area contributed by atoms with Gasteiger partial charge < -0.3 is 15.2 Å². The molecule has 0 aliphatic heterocycles. The van der Waals surface area contributed by atoms with Crippen LogP contribution in [0.4, 0.5) is 0 Å². The number of carbonyl (C=O) groups excluding carboxylic acids is 1. The van der Waals surface area contributed by atoms with E-state index < -0.39 is 11.5 Å². The Labute approximate surface area is 117 Å². The van der Waals surface area contributed by atoms with Crippen LogP contribution in [0.25, 0.3) is 0 Å². The number of hydrogen-bond donors (Lipinski definition) is 2. The van der Waals surface area contributed by atoms with Crippen molar-refractivity contribution in [3.8, 4) is 0 Å². The lowest BCUT2D eigenvalue weighted by Crippen LogP contribution is -2.41. The molecule has 1 aromatic rings. The Morgan fingerprint density at radius 3 is 2.85 bits per heavy atom. The van der Waals surface area contributed by atoms with Gasteiger partial charge in [0.2, 0.25) is 0 Å². The molecular weight excluding hydrogens is 262 g/mol. The van der Waals surface area contributed by atoms with Crippen molar-refractivity contribution in [1.82, 2.24) is 15.1 Å². The Bertz CT molecular complexity index is 511. The number of hydrogen-bond acceptors (Lipinski definition) is 5. The molecule has 0 aliphatic carbocycles. The minimum atomic E-state index is -0.958. The Hall–Kier alpha value is -1.73. The molecule has 0 fully saturated rings. The molecule has 1 aromatic heterocycles. The molecule has 0 aromatic carbocycles. The van der Waals surface area contributed by atoms with Crippen molar-refractivity contribution in [2.75, 3.05) is 20.3 Å². The summed E-state index contributed by atoms with van der Waals surface area (Å²) in [5, 5.41) is 16.4. The maximum atomic E-state index is 11.9. The fourth-order valence-corrected chi connectivity index (χ4v) is 1.39. The van der Waals surface area contributed by atoms with Crippen LogP contribution in [0.2, 0.25) is 0 Å². The summed E-state index contributed by atoms with van der Waals surface area (Å²) in [6.45, 7) is 4.21. The van der Waals surface area contributed by atoms with Crippen molar-refractivity contribution in [3.63, 3.8) is 0 Å². The summed E-state index contributed by atoms with van der Waals surface area (Å²) in [4.78, 5) is 23.4. The minimum Gasteiger partial charge on any atom is -0.388 e. The van der Waals surface area contributed by atoms with Crippen LogP contribution in [0.5, 0.6) is 0 Å². The van der Waals surface area contributed by atoms with E-state index in [1.807, 2.05) is 6.92 Å². The zero-order chi connectivity index (χ0) is 15.2. The molecule has 2 N–H and O–H groups in total. The molecule has 7 heteroatoms. The number of rotatable bonds is 7. The van der Waals surface area contributed by atoms with Crippen molar-refractivity contribution >= 4 is 5.91 Å². The molecule has 0 radical (unpaired) electrons. The van der Waals surface area contributed by atoms with Crippen molar-refractivity contribution < 1.29 is 14.6 Å². The molecule has 1 unspecified atom stereocenters. The summed E-state index contributed by atoms with van der Waals surface area (Å²) < 4.78 is 6.05. The van der Waals surface area contributed by atoms with Crippen LogP contribution in [-0.4, -0.2) is 46.7 Å². The van der Waals surface area contributed by atoms with Crippen LogP contribution in [0.1, 0.15) is 30.8 Å². The fraction of sp³-hybridized carbons (Fsp3) is 0.615. The Morgan fingerprint density at radius 1 is 1.55 bits per heavy atom. The van der Waals surface area contributed by atoms with Gasteiger partial charge in [0, 0.05) is 19.7 Å². The molecule has 0 bridgehead atoms. The fourth-order valence-electron chi connectivity index (χ4n) is 1.39. The third-order valence-corrected chi connectivity index (χ3v) is 3.00. The molecule has 0 aliphatic rings. The molecule has 1 amide bonds. The van der Waals surface area contributed by atoms with E-state index in [2.05, 4.69) is 10.4 Å². The average molecular weight is 283 g/mol. The van der Waals surface area contributed by atoms with Gasteiger partial charge in [0.05, 0.1) is 18.8 Å². The first-order valence-corrected chi connectivity index (χ1v) is 6.47. The van der Waals surface area contributed by atoms with Crippen LogP contribution in [-0.2, 0) is 11.3 Å². The highest BCUT2D eigenvalue weighted by Crippen LogP contribution is 2.06. The molecule has 0 saturated heterocycles. The average Bonchev–Trinajstić information content (AvgIpc) is 2.44. The van der Waals surface area contributed by atoms with Gasteiger partial charge in [-0.15, -0.1) is 0 Å². The second-order valence-corrected chi connectivity index (χ2v) is 4.81. The van der Waals surface area contributed by atoms with E-state index in [1.54, 1.807) is 6.92 Å². The highest BCUT2D eigenvalue weighted by atomic mass is 16.5. The number of nitrogens with zero attached hydrogens (tertiary/aromatic N) is 2. The van der Waals surface area contributed by atoms with Gasteiger partial charge in [-0.1, -0.05) is 6.92 Å². The van der Waals surface area contributed by atoms with Crippen LogP contribution in [0.3, 0.4) is 0 Å². The monoisotopic (exact) mass is 283 g/mol. The highest BCUT2D eigenvalue weighted by Gasteiger charge is 2.19. The largest absolute Gasteiger partial charge is 0.388 e. The SMILES string of the molecule is CCC(C)(O)CNC(=O)c1ccc(=O)n(CCOC)n1. The zero-order valence-electron chi connectivity index (χ0n) is 12.0. The van der Waals surface area contributed by atoms with Gasteiger partial charge in [-0.25, -0.2) is 4.68 Å². The second kappa shape index (κ2) is 7.16. The predicted octanol–water partition coefficient (Wildman–Crippen LogP) is -0.219. The van der Waals surface area contributed by atoms with E-state index in [0.717, 1.165) is 0 Å². The molecule has 1 atom stereocenters. The molecule has 0 spiro atoms. The van der Waals surface area contributed by atoms with Gasteiger partial charge in [-0.05, 0) is 19.4 Å². The van der Waals surface area contributed by atoms with Crippen LogP contribution in [0.15, 0.2) is 16.9 Å². The van der Waals surface area contributed by atoms with Crippen molar-refractivity contribution in [1.29, 1.82) is 0 Å². The highest BCUT2D eigenvalue weighted by molar-refractivity contribution is 5.92. The van der Waals surface area contributed by atoms with Gasteiger partial charge in [-0.2, -0.15) is 5.10 Å². The van der Waals surface area contributed by atoms with Crippen molar-refractivity contribution in [2.24, 2.45) is 0 Å². The molecule has 0 saturated carbocycles. The minimum absolute atomic E-state index is 0.126. The van der Waals surface area contributed by atoms with Crippen molar-refractivity contribution in [2.45, 2.75) is 32.4 Å². The van der Waals surface area contributed by atoms with Gasteiger partial charge in [0.25, 0.3) is 11.5 Å². The van der Waals surface area contributed by atoms with Gasteiger partial charge >= 0.3 is 0 Å². The van der Waals surface area contributed by atoms with E-state index in [0.29, 0.717) is 13.0 Å². The molecule has 1 rings (SSSR count). The maximum Gasteiger partial charge on any atom is 0.271 e. The normalized spacial score (nSPS) is 13.8. The molecular formula is C13H21N3O4. The number of nitrogens with one attached hydrogen (secondary N) is 1. The number of aromatic nitrogens is 2. The molecule has 7 nitrogen and oxygen atoms in total. The second-order valence-electron chi connectivity index (χ2n) is 4.81. The third-order valence-electron chi connectivity index (χ3n) is 3.00. The van der Waals surface area contributed by atoms with Gasteiger partial charge in [0.15, 0.2) is 0 Å². The first-order valence-electron chi connectivity index (χ1n) is 6.47. The quantitative estimate of drug-likeness (QED) is 0.721. The summed E-state index contributed by atoms with van der Waals surface area (Å²) in [5.41, 5.74) is -1.12. The van der Waals surface area contributed by atoms with E-state index in [-0.39, 0.29) is 24.3 Å². The number of methoxy groups -OCH3 is 1. The number of carbonyl (C=O) groups is 1. The van der Waals surface area contributed by atoms with E-state index in [4.69, 9.17) is 4.74 Å². The maximum absolute atomic E-state index is 11.9. The third kappa shape index (κ3) is 4.75. The number of amides is 1. The van der Waals surface area contributed by atoms with E-state index in [9.17, 15) is 14.7 Å². The zero-order valence-corrected chi connectivity index (χ0v) is 12.0. The van der Waals surface area contributed by atoms with Gasteiger partial charge in [0.1, 0.15) is 5.69 Å². The standard InChI is InChI=1S/C13H21N3O4/c1-4-13(2,19)9-14-12(18)10-5-6-11(17)16(15-10)7-8-20-3/h5-6,19H,4,7-9H2,1-3H3,(H,14,18). The molecule has 20 heavy (non-hydrogen) atoms. The first-order chi connectivity index (χ1) is 9.39. The topological polar surface area (TPSA) is 93.5 Å². The lowest BCUT2D eigenvalue weighted by atomic mass is 10.0. The van der Waals surface area contributed by atoms with Crippen LogP contribution in [0, 0.1) is 0 Å². The van der Waals surface area contributed by atoms with E-state index in [1.165, 1.54) is 23.9 Å². The summed E-state index contributed by atoms with van der Waals surface area (Å²) in [7, 11) is 1.52. The summed E-state index contributed by atoms with van der Waals surface area (Å²) in [6.07, 6.45) is 0.522. The van der Waals surface area contributed by atoms with E-state index >= 15 is 0 Å². The number of aliphatic hydroxyl groups is 1. The number of ether oxygens (including phenoxy) is 1. The van der Waals surface area contributed by atoms with Gasteiger partial charge in [-0.3, -0.25) is 9.59 Å². The lowest BCUT2D eigenvalue weighted by molar-refractivity contribution is 0.0516. The van der Waals surface area contributed by atoms with Crippen LogP contribution < -0.4 is 10.9 Å². The Balaban J connectivity index is 2.76.